The Balaban J connectivity index is 0.000000861. The van der Waals surface area contributed by atoms with Crippen LogP contribution in [0.5, 0.6) is 0 Å². The predicted octanol–water partition coefficient (Wildman–Crippen LogP) is 2.80. The van der Waals surface area contributed by atoms with Crippen molar-refractivity contribution < 1.29 is 14.2 Å². The number of benzene rings is 1. The minimum absolute atomic E-state index is 0.0198. The average Bonchev–Trinajstić information content (AvgIpc) is 2.40. The molecule has 0 radical (unpaired) electrons. The Labute approximate surface area is 122 Å². The second-order valence-electron chi connectivity index (χ2n) is 4.42. The molecule has 0 spiro atoms. The molecule has 1 aliphatic heterocycles. The number of hydrogen-bond donors (Lipinski definition) is 2. The Morgan fingerprint density at radius 1 is 1.47 bits per heavy atom. The Kier molecular flexibility index (Phi) is 6.39. The molecule has 0 aromatic heterocycles. The van der Waals surface area contributed by atoms with Crippen LogP contribution >= 0.6 is 15.9 Å². The minimum Gasteiger partial charge on any atom is -0.396 e. The Bertz CT molecular complexity index is 396. The van der Waals surface area contributed by atoms with Crippen molar-refractivity contribution in [2.75, 3.05) is 19.8 Å². The maximum absolute atomic E-state index is 13.4. The third-order valence-corrected chi connectivity index (χ3v) is 3.76. The first-order chi connectivity index (χ1) is 9.06. The second-order valence-corrected chi connectivity index (χ2v) is 5.33. The van der Waals surface area contributed by atoms with Crippen LogP contribution in [0.1, 0.15) is 25.8 Å². The van der Waals surface area contributed by atoms with E-state index in [1.54, 1.807) is 6.07 Å². The summed E-state index contributed by atoms with van der Waals surface area (Å²) in [4.78, 5) is 0. The molecule has 1 aromatic rings. The molecule has 1 saturated heterocycles. The monoisotopic (exact) mass is 333 g/mol. The van der Waals surface area contributed by atoms with Crippen LogP contribution < -0.4 is 5.73 Å². The van der Waals surface area contributed by atoms with Gasteiger partial charge in [-0.2, -0.15) is 0 Å². The van der Waals surface area contributed by atoms with Crippen molar-refractivity contribution in [3.8, 4) is 0 Å². The van der Waals surface area contributed by atoms with Gasteiger partial charge in [0.05, 0.1) is 12.1 Å². The van der Waals surface area contributed by atoms with E-state index in [0.29, 0.717) is 29.7 Å². The van der Waals surface area contributed by atoms with Gasteiger partial charge in [0.15, 0.2) is 0 Å². The molecule has 19 heavy (non-hydrogen) atoms. The number of rotatable bonds is 2. The van der Waals surface area contributed by atoms with Gasteiger partial charge in [0.1, 0.15) is 5.82 Å². The Morgan fingerprint density at radius 3 is 2.74 bits per heavy atom. The average molecular weight is 334 g/mol. The molecule has 1 aromatic carbocycles. The first kappa shape index (κ1) is 16.6. The molecular formula is C14H21BrFNO2. The van der Waals surface area contributed by atoms with E-state index in [0.717, 1.165) is 0 Å². The van der Waals surface area contributed by atoms with Crippen molar-refractivity contribution in [2.24, 2.45) is 11.7 Å². The molecule has 3 nitrogen and oxygen atoms in total. The van der Waals surface area contributed by atoms with Crippen molar-refractivity contribution in [1.82, 2.24) is 0 Å². The van der Waals surface area contributed by atoms with Gasteiger partial charge in [-0.05, 0) is 30.2 Å². The number of halogens is 2. The molecule has 2 atom stereocenters. The SMILES string of the molecule is CC.NC1(c2cc(F)cc(Br)c2)COCCC1CO. The van der Waals surface area contributed by atoms with Crippen LogP contribution in [-0.2, 0) is 10.3 Å². The van der Waals surface area contributed by atoms with Crippen LogP contribution in [0.3, 0.4) is 0 Å². The van der Waals surface area contributed by atoms with E-state index in [4.69, 9.17) is 10.5 Å². The predicted molar refractivity (Wildman–Crippen MR) is 77.3 cm³/mol. The molecule has 1 aliphatic rings. The third kappa shape index (κ3) is 3.75. The highest BCUT2D eigenvalue weighted by Gasteiger charge is 2.39. The van der Waals surface area contributed by atoms with Crippen molar-refractivity contribution in [2.45, 2.75) is 25.8 Å². The van der Waals surface area contributed by atoms with Gasteiger partial charge in [0.2, 0.25) is 0 Å². The van der Waals surface area contributed by atoms with Gasteiger partial charge in [0, 0.05) is 23.6 Å². The maximum Gasteiger partial charge on any atom is 0.124 e. The largest absolute Gasteiger partial charge is 0.396 e. The van der Waals surface area contributed by atoms with Crippen LogP contribution in [0.25, 0.3) is 0 Å². The lowest BCUT2D eigenvalue weighted by Crippen LogP contribution is -2.52. The molecule has 0 bridgehead atoms. The zero-order valence-electron chi connectivity index (χ0n) is 11.3. The first-order valence-electron chi connectivity index (χ1n) is 6.50. The Morgan fingerprint density at radius 2 is 2.16 bits per heavy atom. The lowest BCUT2D eigenvalue weighted by molar-refractivity contribution is -0.0231. The molecule has 108 valence electrons. The lowest BCUT2D eigenvalue weighted by Gasteiger charge is -2.40. The molecule has 1 heterocycles. The second kappa shape index (κ2) is 7.33. The highest BCUT2D eigenvalue weighted by atomic mass is 79.9. The summed E-state index contributed by atoms with van der Waals surface area (Å²) < 4.78 is 19.4. The quantitative estimate of drug-likeness (QED) is 0.874. The lowest BCUT2D eigenvalue weighted by atomic mass is 9.77. The van der Waals surface area contributed by atoms with Gasteiger partial charge < -0.3 is 15.6 Å². The summed E-state index contributed by atoms with van der Waals surface area (Å²) in [6.45, 7) is 4.86. The van der Waals surface area contributed by atoms with Crippen molar-refractivity contribution in [3.05, 3.63) is 34.1 Å². The van der Waals surface area contributed by atoms with Crippen LogP contribution in [0.4, 0.5) is 4.39 Å². The van der Waals surface area contributed by atoms with Crippen molar-refractivity contribution in [1.29, 1.82) is 0 Å². The molecule has 5 heteroatoms. The van der Waals surface area contributed by atoms with Gasteiger partial charge in [-0.1, -0.05) is 29.8 Å². The van der Waals surface area contributed by atoms with Gasteiger partial charge in [-0.15, -0.1) is 0 Å². The smallest absolute Gasteiger partial charge is 0.124 e. The minimum atomic E-state index is -0.822. The normalized spacial score (nSPS) is 26.5. The van der Waals surface area contributed by atoms with Gasteiger partial charge >= 0.3 is 0 Å². The molecule has 0 saturated carbocycles. The number of nitrogens with two attached hydrogens (primary N) is 1. The van der Waals surface area contributed by atoms with E-state index < -0.39 is 5.54 Å². The van der Waals surface area contributed by atoms with E-state index >= 15 is 0 Å². The molecule has 2 unspecified atom stereocenters. The van der Waals surface area contributed by atoms with E-state index in [1.165, 1.54) is 12.1 Å². The number of hydrogen-bond acceptors (Lipinski definition) is 3. The first-order valence-corrected chi connectivity index (χ1v) is 7.29. The molecule has 3 N–H and O–H groups in total. The molecule has 0 amide bonds. The van der Waals surface area contributed by atoms with Crippen LogP contribution in [0.15, 0.2) is 22.7 Å². The van der Waals surface area contributed by atoms with Crippen LogP contribution in [0.2, 0.25) is 0 Å². The summed E-state index contributed by atoms with van der Waals surface area (Å²) in [7, 11) is 0. The van der Waals surface area contributed by atoms with E-state index in [-0.39, 0.29) is 18.3 Å². The summed E-state index contributed by atoms with van der Waals surface area (Å²) in [5.41, 5.74) is 6.13. The standard InChI is InChI=1S/C12H15BrFNO2.C2H6/c13-10-3-9(4-11(14)5-10)12(15)7-17-2-1-8(12)6-16;1-2/h3-5,8,16H,1-2,6-7,15H2;1-2H3. The van der Waals surface area contributed by atoms with E-state index in [1.807, 2.05) is 13.8 Å². The van der Waals surface area contributed by atoms with Gasteiger partial charge in [0.25, 0.3) is 0 Å². The van der Waals surface area contributed by atoms with Crippen LogP contribution in [0, 0.1) is 11.7 Å². The molecule has 1 fully saturated rings. The fourth-order valence-corrected chi connectivity index (χ4v) is 2.70. The Hall–Kier alpha value is -0.490. The van der Waals surface area contributed by atoms with Crippen molar-refractivity contribution in [3.63, 3.8) is 0 Å². The van der Waals surface area contributed by atoms with E-state index in [2.05, 4.69) is 15.9 Å². The zero-order valence-corrected chi connectivity index (χ0v) is 12.9. The number of aliphatic hydroxyl groups is 1. The fraction of sp³-hybridized carbons (Fsp3) is 0.571. The number of aliphatic hydroxyl groups excluding tert-OH is 1. The fourth-order valence-electron chi connectivity index (χ4n) is 2.24. The third-order valence-electron chi connectivity index (χ3n) is 3.30. The summed E-state index contributed by atoms with van der Waals surface area (Å²) in [6.07, 6.45) is 0.682. The van der Waals surface area contributed by atoms with Gasteiger partial charge in [-0.3, -0.25) is 0 Å². The van der Waals surface area contributed by atoms with Crippen LogP contribution in [-0.4, -0.2) is 24.9 Å². The summed E-state index contributed by atoms with van der Waals surface area (Å²) in [5, 5.41) is 9.39. The molecule has 2 rings (SSSR count). The maximum atomic E-state index is 13.4. The summed E-state index contributed by atoms with van der Waals surface area (Å²) in [5.74, 6) is -0.452. The van der Waals surface area contributed by atoms with Crippen molar-refractivity contribution >= 4 is 15.9 Å². The van der Waals surface area contributed by atoms with Gasteiger partial charge in [-0.25, -0.2) is 4.39 Å². The highest BCUT2D eigenvalue weighted by molar-refractivity contribution is 9.10. The highest BCUT2D eigenvalue weighted by Crippen LogP contribution is 2.34. The summed E-state index contributed by atoms with van der Waals surface area (Å²) in [6, 6.07) is 4.56. The van der Waals surface area contributed by atoms with E-state index in [9.17, 15) is 9.50 Å². The molecule has 0 aliphatic carbocycles. The summed E-state index contributed by atoms with van der Waals surface area (Å²) >= 11 is 3.25. The number of ether oxygens (including phenoxy) is 1. The topological polar surface area (TPSA) is 55.5 Å². The molecular weight excluding hydrogens is 313 g/mol. The zero-order chi connectivity index (χ0) is 14.5.